The zero-order chi connectivity index (χ0) is 18.3. The first-order chi connectivity index (χ1) is 12.5. The van der Waals surface area contributed by atoms with Crippen LogP contribution in [0.5, 0.6) is 0 Å². The number of amides is 1. The monoisotopic (exact) mass is 422 g/mol. The van der Waals surface area contributed by atoms with Crippen LogP contribution in [0.25, 0.3) is 21.5 Å². The Morgan fingerprint density at radius 1 is 1.00 bits per heavy atom. The Morgan fingerprint density at radius 3 is 2.54 bits per heavy atom. The molecule has 0 aliphatic rings. The largest absolute Gasteiger partial charge is 0.451 e. The zero-order valence-electron chi connectivity index (χ0n) is 12.9. The van der Waals surface area contributed by atoms with Crippen LogP contribution < -0.4 is 5.32 Å². The molecule has 0 bridgehead atoms. The number of rotatable bonds is 3. The van der Waals surface area contributed by atoms with E-state index in [0.29, 0.717) is 31.5 Å². The summed E-state index contributed by atoms with van der Waals surface area (Å²) in [6.45, 7) is 0. The minimum atomic E-state index is -0.397. The van der Waals surface area contributed by atoms with E-state index in [4.69, 9.17) is 39.2 Å². The van der Waals surface area contributed by atoms with E-state index in [1.165, 1.54) is 11.3 Å². The van der Waals surface area contributed by atoms with Crippen molar-refractivity contribution in [2.24, 2.45) is 0 Å². The third-order valence-electron chi connectivity index (χ3n) is 3.63. The summed E-state index contributed by atoms with van der Waals surface area (Å²) >= 11 is 19.3. The fourth-order valence-electron chi connectivity index (χ4n) is 2.38. The predicted molar refractivity (Wildman–Crippen MR) is 107 cm³/mol. The van der Waals surface area contributed by atoms with E-state index in [0.717, 1.165) is 10.3 Å². The molecule has 2 aromatic heterocycles. The van der Waals surface area contributed by atoms with Gasteiger partial charge in [-0.25, -0.2) is 4.98 Å². The highest BCUT2D eigenvalue weighted by atomic mass is 35.5. The number of anilines is 1. The molecule has 4 aromatic rings. The van der Waals surface area contributed by atoms with Crippen LogP contribution in [-0.4, -0.2) is 10.9 Å². The minimum Gasteiger partial charge on any atom is -0.451 e. The summed E-state index contributed by atoms with van der Waals surface area (Å²) in [5.74, 6) is 0.357. The van der Waals surface area contributed by atoms with Crippen molar-refractivity contribution in [1.29, 1.82) is 0 Å². The molecule has 0 atom stereocenters. The molecule has 4 nitrogen and oxygen atoms in total. The SMILES string of the molecule is O=C(Nc1nc2c(Cl)c(Cl)ccc2s1)c1ccc(-c2ccc(Cl)cc2)o1. The average molecular weight is 424 g/mol. The number of halogens is 3. The molecule has 2 aromatic carbocycles. The Balaban J connectivity index is 1.57. The van der Waals surface area contributed by atoms with Crippen LogP contribution in [0.4, 0.5) is 5.13 Å². The molecular formula is C18H9Cl3N2O2S. The van der Waals surface area contributed by atoms with Crippen molar-refractivity contribution in [3.8, 4) is 11.3 Å². The zero-order valence-corrected chi connectivity index (χ0v) is 16.0. The van der Waals surface area contributed by atoms with Crippen molar-refractivity contribution < 1.29 is 9.21 Å². The quantitative estimate of drug-likeness (QED) is 0.395. The fraction of sp³-hybridized carbons (Fsp3) is 0. The molecule has 130 valence electrons. The summed E-state index contributed by atoms with van der Waals surface area (Å²) < 4.78 is 6.46. The topological polar surface area (TPSA) is 55.1 Å². The Hall–Kier alpha value is -2.05. The highest BCUT2D eigenvalue weighted by molar-refractivity contribution is 7.22. The van der Waals surface area contributed by atoms with E-state index >= 15 is 0 Å². The highest BCUT2D eigenvalue weighted by Crippen LogP contribution is 2.35. The number of furan rings is 1. The molecule has 0 spiro atoms. The van der Waals surface area contributed by atoms with Crippen molar-refractivity contribution in [2.75, 3.05) is 5.32 Å². The number of hydrogen-bond donors (Lipinski definition) is 1. The number of aromatic nitrogens is 1. The molecule has 0 unspecified atom stereocenters. The van der Waals surface area contributed by atoms with Gasteiger partial charge in [0.25, 0.3) is 5.91 Å². The van der Waals surface area contributed by atoms with Crippen molar-refractivity contribution in [3.63, 3.8) is 0 Å². The van der Waals surface area contributed by atoms with Gasteiger partial charge < -0.3 is 4.42 Å². The Bertz CT molecular complexity index is 1120. The standard InChI is InChI=1S/C18H9Cl3N2O2S/c19-10-3-1-9(2-4-10)12-6-7-13(25-12)17(24)23-18-22-16-14(26-18)8-5-11(20)15(16)21/h1-8H,(H,22,23,24). The van der Waals surface area contributed by atoms with Crippen LogP contribution in [0, 0.1) is 0 Å². The molecule has 0 radical (unpaired) electrons. The van der Waals surface area contributed by atoms with Gasteiger partial charge >= 0.3 is 0 Å². The summed E-state index contributed by atoms with van der Waals surface area (Å²) in [4.78, 5) is 16.8. The van der Waals surface area contributed by atoms with Crippen molar-refractivity contribution in [1.82, 2.24) is 4.98 Å². The third kappa shape index (κ3) is 3.31. The van der Waals surface area contributed by atoms with Gasteiger partial charge in [-0.1, -0.05) is 46.1 Å². The van der Waals surface area contributed by atoms with Gasteiger partial charge in [0, 0.05) is 10.6 Å². The van der Waals surface area contributed by atoms with Crippen molar-refractivity contribution in [2.45, 2.75) is 0 Å². The number of nitrogens with zero attached hydrogens (tertiary/aromatic N) is 1. The van der Waals surface area contributed by atoms with E-state index < -0.39 is 5.91 Å². The van der Waals surface area contributed by atoms with E-state index in [2.05, 4.69) is 10.3 Å². The molecule has 0 aliphatic carbocycles. The van der Waals surface area contributed by atoms with Crippen LogP contribution in [0.15, 0.2) is 52.9 Å². The summed E-state index contributed by atoms with van der Waals surface area (Å²) in [6.07, 6.45) is 0. The van der Waals surface area contributed by atoms with Crippen molar-refractivity contribution >= 4 is 67.4 Å². The van der Waals surface area contributed by atoms with E-state index in [1.54, 1.807) is 30.3 Å². The van der Waals surface area contributed by atoms with Crippen molar-refractivity contribution in [3.05, 3.63) is 69.4 Å². The van der Waals surface area contributed by atoms with Gasteiger partial charge in [-0.2, -0.15) is 0 Å². The average Bonchev–Trinajstić information content (AvgIpc) is 3.26. The van der Waals surface area contributed by atoms with E-state index in [-0.39, 0.29) is 5.76 Å². The predicted octanol–water partition coefficient (Wildman–Crippen LogP) is 6.77. The van der Waals surface area contributed by atoms with Crippen LogP contribution in [0.1, 0.15) is 10.6 Å². The molecule has 1 N–H and O–H groups in total. The number of nitrogens with one attached hydrogen (secondary N) is 1. The first-order valence-corrected chi connectivity index (χ1v) is 9.38. The number of carbonyl (C=O) groups excluding carboxylic acids is 1. The molecule has 0 saturated heterocycles. The maximum atomic E-state index is 12.4. The lowest BCUT2D eigenvalue weighted by molar-refractivity contribution is 0.0997. The van der Waals surface area contributed by atoms with Crippen LogP contribution in [-0.2, 0) is 0 Å². The lowest BCUT2D eigenvalue weighted by atomic mass is 10.2. The summed E-state index contributed by atoms with van der Waals surface area (Å²) in [5.41, 5.74) is 1.38. The van der Waals surface area contributed by atoms with Crippen LogP contribution in [0.3, 0.4) is 0 Å². The third-order valence-corrected chi connectivity index (χ3v) is 5.61. The normalized spacial score (nSPS) is 11.0. The lowest BCUT2D eigenvalue weighted by Gasteiger charge is -1.99. The molecule has 0 saturated carbocycles. The summed E-state index contributed by atoms with van der Waals surface area (Å²) in [5, 5.41) is 4.55. The van der Waals surface area contributed by atoms with Crippen LogP contribution in [0.2, 0.25) is 15.1 Å². The van der Waals surface area contributed by atoms with Gasteiger partial charge in [-0.05, 0) is 48.5 Å². The van der Waals surface area contributed by atoms with Crippen LogP contribution >= 0.6 is 46.1 Å². The molecule has 0 aliphatic heterocycles. The molecule has 8 heteroatoms. The maximum Gasteiger partial charge on any atom is 0.293 e. The van der Waals surface area contributed by atoms with Gasteiger partial charge in [0.15, 0.2) is 10.9 Å². The highest BCUT2D eigenvalue weighted by Gasteiger charge is 2.16. The number of benzene rings is 2. The Kier molecular flexibility index (Phi) is 4.63. The molecule has 1 amide bonds. The summed E-state index contributed by atoms with van der Waals surface area (Å²) in [7, 11) is 0. The Morgan fingerprint density at radius 2 is 1.77 bits per heavy atom. The summed E-state index contributed by atoms with van der Waals surface area (Å²) in [6, 6.07) is 14.0. The van der Waals surface area contributed by atoms with Gasteiger partial charge in [-0.3, -0.25) is 10.1 Å². The molecule has 4 rings (SSSR count). The second-order valence-corrected chi connectivity index (χ2v) is 7.60. The first kappa shape index (κ1) is 17.4. The van der Waals surface area contributed by atoms with E-state index in [1.807, 2.05) is 18.2 Å². The first-order valence-electron chi connectivity index (χ1n) is 7.43. The molecular weight excluding hydrogens is 415 g/mol. The number of fused-ring (bicyclic) bond motifs is 1. The molecule has 26 heavy (non-hydrogen) atoms. The molecule has 0 fully saturated rings. The van der Waals surface area contributed by atoms with Gasteiger partial charge in [0.2, 0.25) is 0 Å². The van der Waals surface area contributed by atoms with E-state index in [9.17, 15) is 4.79 Å². The minimum absolute atomic E-state index is 0.179. The Labute approximate surface area is 167 Å². The second kappa shape index (κ2) is 6.93. The number of hydrogen-bond acceptors (Lipinski definition) is 4. The second-order valence-electron chi connectivity index (χ2n) is 5.35. The maximum absolute atomic E-state index is 12.4. The van der Waals surface area contributed by atoms with Gasteiger partial charge in [0.05, 0.1) is 14.7 Å². The van der Waals surface area contributed by atoms with Gasteiger partial charge in [0.1, 0.15) is 11.3 Å². The fourth-order valence-corrected chi connectivity index (χ4v) is 3.79. The smallest absolute Gasteiger partial charge is 0.293 e. The molecule has 2 heterocycles. The lowest BCUT2D eigenvalue weighted by Crippen LogP contribution is -2.10. The van der Waals surface area contributed by atoms with Gasteiger partial charge in [-0.15, -0.1) is 0 Å². The number of carbonyl (C=O) groups is 1. The number of thiazole rings is 1.